The van der Waals surface area contributed by atoms with Gasteiger partial charge in [0.25, 0.3) is 0 Å². The Labute approximate surface area is 173 Å². The molecule has 1 fully saturated rings. The number of amides is 1. The van der Waals surface area contributed by atoms with E-state index in [1.807, 2.05) is 36.4 Å². The molecule has 0 saturated carbocycles. The molecule has 29 heavy (non-hydrogen) atoms. The molecule has 5 rings (SSSR count). The van der Waals surface area contributed by atoms with Crippen molar-refractivity contribution in [3.05, 3.63) is 70.3 Å². The molecule has 0 unspecified atom stereocenters. The summed E-state index contributed by atoms with van der Waals surface area (Å²) in [5.41, 5.74) is 2.79. The van der Waals surface area contributed by atoms with E-state index in [1.54, 1.807) is 16.7 Å². The van der Waals surface area contributed by atoms with Gasteiger partial charge in [-0.25, -0.2) is 0 Å². The van der Waals surface area contributed by atoms with Gasteiger partial charge in [-0.2, -0.15) is 5.26 Å². The Morgan fingerprint density at radius 3 is 2.79 bits per heavy atom. The minimum atomic E-state index is -0.249. The van der Waals surface area contributed by atoms with Gasteiger partial charge in [0.1, 0.15) is 0 Å². The quantitative estimate of drug-likeness (QED) is 0.777. The van der Waals surface area contributed by atoms with E-state index in [0.717, 1.165) is 23.0 Å². The minimum Gasteiger partial charge on any atom is -0.454 e. The lowest BCUT2D eigenvalue weighted by Crippen LogP contribution is -2.46. The molecular weight excluding hydrogens is 386 g/mol. The highest BCUT2D eigenvalue weighted by molar-refractivity contribution is 8.03. The number of rotatable bonds is 3. The van der Waals surface area contributed by atoms with Gasteiger partial charge in [-0.05, 0) is 23.3 Å². The largest absolute Gasteiger partial charge is 0.454 e. The normalized spacial score (nSPS) is 21.1. The molecule has 1 saturated heterocycles. The Morgan fingerprint density at radius 2 is 1.97 bits per heavy atom. The van der Waals surface area contributed by atoms with Crippen LogP contribution in [0.25, 0.3) is 0 Å². The molecule has 0 N–H and O–H groups in total. The van der Waals surface area contributed by atoms with Crippen LogP contribution in [-0.2, 0) is 11.3 Å². The summed E-state index contributed by atoms with van der Waals surface area (Å²) >= 11 is 1.57. The number of fused-ring (bicyclic) bond motifs is 2. The summed E-state index contributed by atoms with van der Waals surface area (Å²) in [6.45, 7) is 1.49. The van der Waals surface area contributed by atoms with Gasteiger partial charge in [-0.3, -0.25) is 14.6 Å². The number of carbonyl (C=O) groups is 1. The first kappa shape index (κ1) is 18.1. The second-order valence-electron chi connectivity index (χ2n) is 7.25. The fourth-order valence-electron chi connectivity index (χ4n) is 3.96. The lowest BCUT2D eigenvalue weighted by Gasteiger charge is -2.41. The van der Waals surface area contributed by atoms with Crippen molar-refractivity contribution in [1.82, 2.24) is 9.80 Å². The summed E-state index contributed by atoms with van der Waals surface area (Å²) in [6, 6.07) is 18.3. The molecule has 0 spiro atoms. The van der Waals surface area contributed by atoms with Crippen LogP contribution in [0, 0.1) is 11.3 Å². The molecule has 0 aliphatic carbocycles. The zero-order valence-electron chi connectivity index (χ0n) is 15.7. The van der Waals surface area contributed by atoms with Crippen LogP contribution in [0.4, 0.5) is 0 Å². The number of nitriles is 1. The topological polar surface area (TPSA) is 65.8 Å². The molecule has 3 aliphatic rings. The molecule has 2 aromatic rings. The van der Waals surface area contributed by atoms with Gasteiger partial charge < -0.3 is 9.47 Å². The summed E-state index contributed by atoms with van der Waals surface area (Å²) in [7, 11) is 0. The summed E-state index contributed by atoms with van der Waals surface area (Å²) in [5, 5.41) is 10.7. The average molecular weight is 405 g/mol. The first-order valence-electron chi connectivity index (χ1n) is 9.46. The molecule has 2 aromatic carbocycles. The summed E-state index contributed by atoms with van der Waals surface area (Å²) in [5.74, 6) is 1.91. The van der Waals surface area contributed by atoms with Crippen molar-refractivity contribution < 1.29 is 14.3 Å². The molecule has 0 aromatic heterocycles. The van der Waals surface area contributed by atoms with E-state index >= 15 is 0 Å². The number of benzene rings is 2. The molecule has 3 aliphatic heterocycles. The fourth-order valence-corrected chi connectivity index (χ4v) is 5.10. The number of ether oxygens (including phenoxy) is 2. The second-order valence-corrected chi connectivity index (χ2v) is 8.18. The van der Waals surface area contributed by atoms with E-state index in [1.165, 1.54) is 5.56 Å². The zero-order chi connectivity index (χ0) is 19.8. The van der Waals surface area contributed by atoms with Crippen molar-refractivity contribution in [3.63, 3.8) is 0 Å². The minimum absolute atomic E-state index is 0.0481. The molecule has 7 heteroatoms. The van der Waals surface area contributed by atoms with Crippen LogP contribution in [0.3, 0.4) is 0 Å². The smallest absolute Gasteiger partial charge is 0.231 e. The van der Waals surface area contributed by atoms with E-state index in [9.17, 15) is 10.1 Å². The number of carbonyl (C=O) groups excluding carboxylic acids is 1. The van der Waals surface area contributed by atoms with E-state index < -0.39 is 0 Å². The van der Waals surface area contributed by atoms with Crippen molar-refractivity contribution in [3.8, 4) is 17.6 Å². The van der Waals surface area contributed by atoms with Crippen LogP contribution in [-0.4, -0.2) is 35.0 Å². The molecule has 1 amide bonds. The third-order valence-corrected chi connectivity index (χ3v) is 6.61. The van der Waals surface area contributed by atoms with Gasteiger partial charge in [-0.15, -0.1) is 0 Å². The molecule has 1 atom stereocenters. The standard InChI is InChI=1S/C22H19N3O3S/c23-10-18-17(16-6-7-19-20(8-16)28-14-27-19)9-21(26)25-12-24(13-29-22(18)25)11-15-4-2-1-3-5-15/h1-8,17H,9,11-14H2/t17-/m0/s1. The van der Waals surface area contributed by atoms with Gasteiger partial charge in [0.2, 0.25) is 12.7 Å². The van der Waals surface area contributed by atoms with E-state index in [4.69, 9.17) is 9.47 Å². The molecule has 146 valence electrons. The SMILES string of the molecule is N#CC1=C2SCN(Cc3ccccc3)CN2C(=O)C[C@H]1c1ccc2c(c1)OCO2. The van der Waals surface area contributed by atoms with Crippen LogP contribution in [0.5, 0.6) is 11.5 Å². The summed E-state index contributed by atoms with van der Waals surface area (Å²) in [4.78, 5) is 17.0. The monoisotopic (exact) mass is 405 g/mol. The lowest BCUT2D eigenvalue weighted by atomic mass is 9.86. The van der Waals surface area contributed by atoms with Gasteiger partial charge >= 0.3 is 0 Å². The van der Waals surface area contributed by atoms with Crippen LogP contribution >= 0.6 is 11.8 Å². The van der Waals surface area contributed by atoms with Gasteiger partial charge in [-0.1, -0.05) is 48.2 Å². The number of thioether (sulfide) groups is 1. The van der Waals surface area contributed by atoms with E-state index in [2.05, 4.69) is 23.1 Å². The lowest BCUT2D eigenvalue weighted by molar-refractivity contribution is -0.131. The maximum absolute atomic E-state index is 13.0. The maximum Gasteiger partial charge on any atom is 0.231 e. The van der Waals surface area contributed by atoms with Crippen molar-refractivity contribution in [1.29, 1.82) is 5.26 Å². The van der Waals surface area contributed by atoms with Crippen molar-refractivity contribution in [2.24, 2.45) is 0 Å². The van der Waals surface area contributed by atoms with Crippen molar-refractivity contribution in [2.75, 3.05) is 19.3 Å². The fraction of sp³-hybridized carbons (Fsp3) is 0.273. The van der Waals surface area contributed by atoms with Crippen LogP contribution in [0.2, 0.25) is 0 Å². The zero-order valence-corrected chi connectivity index (χ0v) is 16.5. The Morgan fingerprint density at radius 1 is 1.14 bits per heavy atom. The average Bonchev–Trinajstić information content (AvgIpc) is 3.22. The van der Waals surface area contributed by atoms with Gasteiger partial charge in [0.05, 0.1) is 29.2 Å². The molecule has 0 radical (unpaired) electrons. The Kier molecular flexibility index (Phi) is 4.66. The third kappa shape index (κ3) is 3.35. The first-order valence-corrected chi connectivity index (χ1v) is 10.4. The highest BCUT2D eigenvalue weighted by atomic mass is 32.2. The Hall–Kier alpha value is -2.95. The summed E-state index contributed by atoms with van der Waals surface area (Å²) < 4.78 is 10.9. The highest BCUT2D eigenvalue weighted by Crippen LogP contribution is 2.44. The highest BCUT2D eigenvalue weighted by Gasteiger charge is 2.38. The first-order chi connectivity index (χ1) is 14.2. The number of hydrogen-bond donors (Lipinski definition) is 0. The number of allylic oxidation sites excluding steroid dienone is 1. The van der Waals surface area contributed by atoms with Gasteiger partial charge in [0, 0.05) is 18.9 Å². The summed E-state index contributed by atoms with van der Waals surface area (Å²) in [6.07, 6.45) is 0.284. The molecular formula is C22H19N3O3S. The molecule has 3 heterocycles. The van der Waals surface area contributed by atoms with E-state index in [0.29, 0.717) is 23.7 Å². The van der Waals surface area contributed by atoms with Gasteiger partial charge in [0.15, 0.2) is 11.5 Å². The maximum atomic E-state index is 13.0. The van der Waals surface area contributed by atoms with E-state index in [-0.39, 0.29) is 25.0 Å². The molecule has 0 bridgehead atoms. The van der Waals surface area contributed by atoms with Crippen LogP contribution < -0.4 is 9.47 Å². The number of nitrogens with zero attached hydrogens (tertiary/aromatic N) is 3. The number of hydrogen-bond acceptors (Lipinski definition) is 6. The second kappa shape index (κ2) is 7.47. The molecule has 6 nitrogen and oxygen atoms in total. The van der Waals surface area contributed by atoms with Crippen molar-refractivity contribution in [2.45, 2.75) is 18.9 Å². The Balaban J connectivity index is 1.41. The predicted molar refractivity (Wildman–Crippen MR) is 109 cm³/mol. The third-order valence-electron chi connectivity index (χ3n) is 5.40. The Bertz CT molecular complexity index is 1030. The van der Waals surface area contributed by atoms with Crippen molar-refractivity contribution >= 4 is 17.7 Å². The van der Waals surface area contributed by atoms with Crippen LogP contribution in [0.15, 0.2) is 59.1 Å². The predicted octanol–water partition coefficient (Wildman–Crippen LogP) is 3.63. The van der Waals surface area contributed by atoms with Crippen LogP contribution in [0.1, 0.15) is 23.5 Å².